The van der Waals surface area contributed by atoms with E-state index in [1.54, 1.807) is 33.2 Å². The van der Waals surface area contributed by atoms with Gasteiger partial charge in [0, 0.05) is 19.2 Å². The highest BCUT2D eigenvalue weighted by atomic mass is 16.5. The molecule has 6 nitrogen and oxygen atoms in total. The zero-order chi connectivity index (χ0) is 20.1. The van der Waals surface area contributed by atoms with Gasteiger partial charge in [0.15, 0.2) is 0 Å². The van der Waals surface area contributed by atoms with E-state index in [9.17, 15) is 9.59 Å². The van der Waals surface area contributed by atoms with Crippen molar-refractivity contribution < 1.29 is 19.1 Å². The molecule has 0 fully saturated rings. The lowest BCUT2D eigenvalue weighted by Gasteiger charge is -2.33. The van der Waals surface area contributed by atoms with Crippen molar-refractivity contribution >= 4 is 12.0 Å². The van der Waals surface area contributed by atoms with Gasteiger partial charge >= 0.3 is 12.0 Å². The van der Waals surface area contributed by atoms with Crippen LogP contribution in [0.4, 0.5) is 4.79 Å². The summed E-state index contributed by atoms with van der Waals surface area (Å²) < 4.78 is 10.7. The summed E-state index contributed by atoms with van der Waals surface area (Å²) in [6.07, 6.45) is 0.633. The summed E-state index contributed by atoms with van der Waals surface area (Å²) in [5, 5.41) is 2.88. The molecule has 0 aliphatic carbocycles. The summed E-state index contributed by atoms with van der Waals surface area (Å²) in [5.41, 5.74) is 2.90. The van der Waals surface area contributed by atoms with Crippen molar-refractivity contribution in [2.24, 2.45) is 0 Å². The van der Waals surface area contributed by atoms with E-state index in [0.717, 1.165) is 11.1 Å². The normalized spacial score (nSPS) is 16.6. The standard InChI is InChI=1S/C22H24N2O4/c1-15-19(21(25)28-14-13-16-7-5-4-6-8-16)20(23-22(26)24(15)2)17-9-11-18(27-3)12-10-17/h4-12,20H,13-14H2,1-3H3,(H,23,26). The van der Waals surface area contributed by atoms with Crippen molar-refractivity contribution in [1.29, 1.82) is 0 Å². The molecule has 0 spiro atoms. The van der Waals surface area contributed by atoms with Crippen LogP contribution in [0.15, 0.2) is 65.9 Å². The van der Waals surface area contributed by atoms with Crippen molar-refractivity contribution in [3.05, 3.63) is 77.0 Å². The van der Waals surface area contributed by atoms with Crippen LogP contribution in [0.3, 0.4) is 0 Å². The fourth-order valence-corrected chi connectivity index (χ4v) is 3.13. The van der Waals surface area contributed by atoms with Crippen LogP contribution in [0.25, 0.3) is 0 Å². The summed E-state index contributed by atoms with van der Waals surface area (Å²) in [5.74, 6) is 0.275. The van der Waals surface area contributed by atoms with E-state index < -0.39 is 12.0 Å². The van der Waals surface area contributed by atoms with Gasteiger partial charge in [-0.25, -0.2) is 9.59 Å². The first-order valence-electron chi connectivity index (χ1n) is 9.11. The Morgan fingerprint density at radius 3 is 2.43 bits per heavy atom. The van der Waals surface area contributed by atoms with Crippen LogP contribution in [-0.4, -0.2) is 37.7 Å². The predicted octanol–water partition coefficient (Wildman–Crippen LogP) is 3.45. The Kier molecular flexibility index (Phi) is 5.99. The quantitative estimate of drug-likeness (QED) is 0.780. The molecule has 146 valence electrons. The molecular weight excluding hydrogens is 356 g/mol. The first-order chi connectivity index (χ1) is 13.5. The molecule has 2 aromatic carbocycles. The second kappa shape index (κ2) is 8.61. The van der Waals surface area contributed by atoms with E-state index in [-0.39, 0.29) is 12.6 Å². The average molecular weight is 380 g/mol. The second-order valence-corrected chi connectivity index (χ2v) is 6.59. The Bertz CT molecular complexity index is 875. The molecule has 2 aromatic rings. The number of benzene rings is 2. The molecular formula is C22H24N2O4. The Balaban J connectivity index is 1.80. The third kappa shape index (κ3) is 4.17. The van der Waals surface area contributed by atoms with E-state index in [1.807, 2.05) is 42.5 Å². The van der Waals surface area contributed by atoms with Gasteiger partial charge < -0.3 is 19.7 Å². The summed E-state index contributed by atoms with van der Waals surface area (Å²) in [4.78, 5) is 26.6. The fraction of sp³-hybridized carbons (Fsp3) is 0.273. The SMILES string of the molecule is COc1ccc(C2NC(=O)N(C)C(C)=C2C(=O)OCCc2ccccc2)cc1. The molecule has 28 heavy (non-hydrogen) atoms. The largest absolute Gasteiger partial charge is 0.497 e. The number of allylic oxidation sites excluding steroid dienone is 1. The third-order valence-electron chi connectivity index (χ3n) is 4.89. The van der Waals surface area contributed by atoms with Crippen molar-refractivity contribution in [3.8, 4) is 5.75 Å². The van der Waals surface area contributed by atoms with E-state index in [0.29, 0.717) is 23.4 Å². The second-order valence-electron chi connectivity index (χ2n) is 6.59. The summed E-state index contributed by atoms with van der Waals surface area (Å²) in [6, 6.07) is 16.3. The first kappa shape index (κ1) is 19.5. The highest BCUT2D eigenvalue weighted by molar-refractivity contribution is 5.95. The van der Waals surface area contributed by atoms with E-state index in [1.165, 1.54) is 4.90 Å². The minimum absolute atomic E-state index is 0.265. The van der Waals surface area contributed by atoms with Crippen LogP contribution in [0.2, 0.25) is 0 Å². The van der Waals surface area contributed by atoms with Gasteiger partial charge in [-0.2, -0.15) is 0 Å². The molecule has 0 aromatic heterocycles. The smallest absolute Gasteiger partial charge is 0.338 e. The van der Waals surface area contributed by atoms with Crippen LogP contribution in [0.1, 0.15) is 24.1 Å². The molecule has 1 heterocycles. The van der Waals surface area contributed by atoms with Gasteiger partial charge in [-0.3, -0.25) is 0 Å². The Morgan fingerprint density at radius 2 is 1.79 bits per heavy atom. The number of carbonyl (C=O) groups is 2. The number of urea groups is 1. The molecule has 0 bridgehead atoms. The molecule has 0 saturated heterocycles. The van der Waals surface area contributed by atoms with Crippen LogP contribution >= 0.6 is 0 Å². The Labute approximate surface area is 164 Å². The molecule has 1 aliphatic rings. The maximum atomic E-state index is 12.9. The van der Waals surface area contributed by atoms with Gasteiger partial charge in [0.05, 0.1) is 25.3 Å². The number of nitrogens with zero attached hydrogens (tertiary/aromatic N) is 1. The number of rotatable bonds is 6. The molecule has 3 rings (SSSR count). The molecule has 1 N–H and O–H groups in total. The highest BCUT2D eigenvalue weighted by Gasteiger charge is 2.34. The van der Waals surface area contributed by atoms with Gasteiger partial charge in [0.25, 0.3) is 0 Å². The van der Waals surface area contributed by atoms with Gasteiger partial charge in [0.1, 0.15) is 5.75 Å². The maximum absolute atomic E-state index is 12.9. The van der Waals surface area contributed by atoms with Crippen molar-refractivity contribution in [1.82, 2.24) is 10.2 Å². The number of hydrogen-bond donors (Lipinski definition) is 1. The first-order valence-corrected chi connectivity index (χ1v) is 9.11. The number of nitrogens with one attached hydrogen (secondary N) is 1. The number of ether oxygens (including phenoxy) is 2. The minimum atomic E-state index is -0.571. The monoisotopic (exact) mass is 380 g/mol. The number of hydrogen-bond acceptors (Lipinski definition) is 4. The highest BCUT2D eigenvalue weighted by Crippen LogP contribution is 2.31. The predicted molar refractivity (Wildman–Crippen MR) is 106 cm³/mol. The van der Waals surface area contributed by atoms with E-state index in [2.05, 4.69) is 5.32 Å². The van der Waals surface area contributed by atoms with Gasteiger partial charge in [-0.1, -0.05) is 42.5 Å². The van der Waals surface area contributed by atoms with Crippen molar-refractivity contribution in [2.45, 2.75) is 19.4 Å². The lowest BCUT2D eigenvalue weighted by atomic mass is 9.95. The van der Waals surface area contributed by atoms with Crippen molar-refractivity contribution in [2.75, 3.05) is 20.8 Å². The van der Waals surface area contributed by atoms with Gasteiger partial charge in [-0.05, 0) is 30.2 Å². The van der Waals surface area contributed by atoms with E-state index in [4.69, 9.17) is 9.47 Å². The van der Waals surface area contributed by atoms with Gasteiger partial charge in [-0.15, -0.1) is 0 Å². The molecule has 0 saturated carbocycles. The number of amides is 2. The minimum Gasteiger partial charge on any atom is -0.497 e. The molecule has 6 heteroatoms. The Morgan fingerprint density at radius 1 is 1.11 bits per heavy atom. The van der Waals surface area contributed by atoms with Crippen molar-refractivity contribution in [3.63, 3.8) is 0 Å². The van der Waals surface area contributed by atoms with Crippen LogP contribution in [-0.2, 0) is 16.0 Å². The molecule has 2 amide bonds. The topological polar surface area (TPSA) is 67.9 Å². The Hall–Kier alpha value is -3.28. The van der Waals surface area contributed by atoms with Crippen LogP contribution in [0.5, 0.6) is 5.75 Å². The molecule has 1 unspecified atom stereocenters. The lowest BCUT2D eigenvalue weighted by Crippen LogP contribution is -2.46. The van der Waals surface area contributed by atoms with Crippen LogP contribution < -0.4 is 10.1 Å². The summed E-state index contributed by atoms with van der Waals surface area (Å²) in [7, 11) is 3.22. The average Bonchev–Trinajstić information content (AvgIpc) is 2.72. The van der Waals surface area contributed by atoms with E-state index >= 15 is 0 Å². The zero-order valence-corrected chi connectivity index (χ0v) is 16.3. The summed E-state index contributed by atoms with van der Waals surface area (Å²) >= 11 is 0. The number of esters is 1. The molecule has 1 atom stereocenters. The van der Waals surface area contributed by atoms with Crippen LogP contribution in [0, 0.1) is 0 Å². The maximum Gasteiger partial charge on any atom is 0.338 e. The fourth-order valence-electron chi connectivity index (χ4n) is 3.13. The molecule has 1 aliphatic heterocycles. The molecule has 0 radical (unpaired) electrons. The zero-order valence-electron chi connectivity index (χ0n) is 16.3. The lowest BCUT2D eigenvalue weighted by molar-refractivity contribution is -0.139. The number of methoxy groups -OCH3 is 1. The van der Waals surface area contributed by atoms with Gasteiger partial charge in [0.2, 0.25) is 0 Å². The third-order valence-corrected chi connectivity index (χ3v) is 4.89. The summed E-state index contributed by atoms with van der Waals surface area (Å²) in [6.45, 7) is 2.02. The number of carbonyl (C=O) groups excluding carboxylic acids is 2.